The molecule has 1 aromatic carbocycles. The van der Waals surface area contributed by atoms with E-state index in [1.165, 1.54) is 0 Å². The maximum absolute atomic E-state index is 11.9. The molecule has 1 atom stereocenters. The third-order valence-corrected chi connectivity index (χ3v) is 3.36. The Labute approximate surface area is 108 Å². The summed E-state index contributed by atoms with van der Waals surface area (Å²) in [5, 5.41) is 1.77. The van der Waals surface area contributed by atoms with E-state index >= 15 is 0 Å². The molecule has 0 amide bonds. The third kappa shape index (κ3) is 3.55. The SMILES string of the molecule is NCC1CCCN(OC(=O)c2ccccc2)CC1. The largest absolute Gasteiger partial charge is 0.364 e. The first-order valence-electron chi connectivity index (χ1n) is 6.52. The fraction of sp³-hybridized carbons (Fsp3) is 0.500. The van der Waals surface area contributed by atoms with E-state index in [0.717, 1.165) is 38.9 Å². The van der Waals surface area contributed by atoms with Gasteiger partial charge in [-0.2, -0.15) is 0 Å². The van der Waals surface area contributed by atoms with E-state index in [2.05, 4.69) is 0 Å². The van der Waals surface area contributed by atoms with Gasteiger partial charge in [-0.25, -0.2) is 4.79 Å². The van der Waals surface area contributed by atoms with Gasteiger partial charge in [-0.05, 0) is 43.9 Å². The summed E-state index contributed by atoms with van der Waals surface area (Å²) in [5.74, 6) is 0.284. The van der Waals surface area contributed by atoms with Crippen LogP contribution in [-0.2, 0) is 4.84 Å². The zero-order valence-corrected chi connectivity index (χ0v) is 10.5. The van der Waals surface area contributed by atoms with Crippen LogP contribution in [0, 0.1) is 5.92 Å². The summed E-state index contributed by atoms with van der Waals surface area (Å²) in [5.41, 5.74) is 6.28. The molecule has 4 heteroatoms. The first kappa shape index (κ1) is 13.1. The molecule has 0 radical (unpaired) electrons. The lowest BCUT2D eigenvalue weighted by molar-refractivity contribution is -0.108. The van der Waals surface area contributed by atoms with Crippen molar-refractivity contribution in [2.24, 2.45) is 11.7 Å². The van der Waals surface area contributed by atoms with Gasteiger partial charge in [0.25, 0.3) is 0 Å². The number of hydrogen-bond acceptors (Lipinski definition) is 4. The van der Waals surface area contributed by atoms with Crippen LogP contribution in [0.2, 0.25) is 0 Å². The van der Waals surface area contributed by atoms with Gasteiger partial charge in [0.1, 0.15) is 0 Å². The predicted molar refractivity (Wildman–Crippen MR) is 69.8 cm³/mol. The van der Waals surface area contributed by atoms with Gasteiger partial charge in [-0.15, -0.1) is 5.06 Å². The van der Waals surface area contributed by atoms with Crippen molar-refractivity contribution >= 4 is 5.97 Å². The average Bonchev–Trinajstić information content (AvgIpc) is 2.65. The molecule has 18 heavy (non-hydrogen) atoms. The molecule has 1 fully saturated rings. The molecule has 1 aromatic rings. The van der Waals surface area contributed by atoms with E-state index in [1.54, 1.807) is 17.2 Å². The van der Waals surface area contributed by atoms with Crippen LogP contribution < -0.4 is 5.73 Å². The molecule has 1 aliphatic heterocycles. The summed E-state index contributed by atoms with van der Waals surface area (Å²) < 4.78 is 0. The Bertz CT molecular complexity index is 381. The first-order chi connectivity index (χ1) is 8.79. The minimum Gasteiger partial charge on any atom is -0.364 e. The maximum atomic E-state index is 11.9. The van der Waals surface area contributed by atoms with Crippen molar-refractivity contribution in [3.05, 3.63) is 35.9 Å². The second-order valence-electron chi connectivity index (χ2n) is 4.71. The Hall–Kier alpha value is -1.39. The van der Waals surface area contributed by atoms with Gasteiger partial charge in [0, 0.05) is 13.1 Å². The van der Waals surface area contributed by atoms with Crippen molar-refractivity contribution in [3.8, 4) is 0 Å². The molecule has 2 rings (SSSR count). The van der Waals surface area contributed by atoms with Crippen molar-refractivity contribution in [2.75, 3.05) is 19.6 Å². The van der Waals surface area contributed by atoms with Crippen LogP contribution in [0.25, 0.3) is 0 Å². The molecule has 1 unspecified atom stereocenters. The molecule has 2 N–H and O–H groups in total. The van der Waals surface area contributed by atoms with Gasteiger partial charge in [0.15, 0.2) is 0 Å². The standard InChI is InChI=1S/C14H20N2O2/c15-11-12-5-4-9-16(10-8-12)18-14(17)13-6-2-1-3-7-13/h1-3,6-7,12H,4-5,8-11,15H2. The van der Waals surface area contributed by atoms with E-state index < -0.39 is 0 Å². The topological polar surface area (TPSA) is 55.6 Å². The summed E-state index contributed by atoms with van der Waals surface area (Å²) in [6.07, 6.45) is 3.15. The highest BCUT2D eigenvalue weighted by Gasteiger charge is 2.19. The zero-order chi connectivity index (χ0) is 12.8. The molecule has 1 saturated heterocycles. The molecule has 4 nitrogen and oxygen atoms in total. The van der Waals surface area contributed by atoms with Crippen LogP contribution in [0.3, 0.4) is 0 Å². The van der Waals surface area contributed by atoms with Crippen molar-refractivity contribution < 1.29 is 9.63 Å². The summed E-state index contributed by atoms with van der Waals surface area (Å²) in [7, 11) is 0. The highest BCUT2D eigenvalue weighted by molar-refractivity contribution is 5.89. The molecule has 0 aliphatic carbocycles. The fourth-order valence-corrected chi connectivity index (χ4v) is 2.21. The molecule has 0 bridgehead atoms. The second-order valence-corrected chi connectivity index (χ2v) is 4.71. The van der Waals surface area contributed by atoms with E-state index in [0.29, 0.717) is 11.5 Å². The highest BCUT2D eigenvalue weighted by atomic mass is 16.7. The van der Waals surface area contributed by atoms with Crippen molar-refractivity contribution in [1.82, 2.24) is 5.06 Å². The smallest absolute Gasteiger partial charge is 0.357 e. The Morgan fingerprint density at radius 1 is 1.28 bits per heavy atom. The van der Waals surface area contributed by atoms with Crippen LogP contribution in [0.1, 0.15) is 29.6 Å². The number of nitrogens with zero attached hydrogens (tertiary/aromatic N) is 1. The van der Waals surface area contributed by atoms with E-state index in [4.69, 9.17) is 10.6 Å². The second kappa shape index (κ2) is 6.52. The number of carbonyl (C=O) groups excluding carboxylic acids is 1. The monoisotopic (exact) mass is 248 g/mol. The summed E-state index contributed by atoms with van der Waals surface area (Å²) >= 11 is 0. The Morgan fingerprint density at radius 2 is 2.06 bits per heavy atom. The molecule has 0 saturated carbocycles. The van der Waals surface area contributed by atoms with Crippen molar-refractivity contribution in [1.29, 1.82) is 0 Å². The number of rotatable bonds is 3. The minimum atomic E-state index is -0.276. The molecule has 1 aliphatic rings. The molecular weight excluding hydrogens is 228 g/mol. The number of carbonyl (C=O) groups is 1. The quantitative estimate of drug-likeness (QED) is 0.886. The molecule has 0 spiro atoms. The van der Waals surface area contributed by atoms with Crippen LogP contribution in [-0.4, -0.2) is 30.7 Å². The molecule has 0 aromatic heterocycles. The van der Waals surface area contributed by atoms with Gasteiger partial charge < -0.3 is 10.6 Å². The lowest BCUT2D eigenvalue weighted by Gasteiger charge is -2.19. The third-order valence-electron chi connectivity index (χ3n) is 3.36. The Morgan fingerprint density at radius 3 is 2.78 bits per heavy atom. The highest BCUT2D eigenvalue weighted by Crippen LogP contribution is 2.17. The average molecular weight is 248 g/mol. The van der Waals surface area contributed by atoms with E-state index in [1.807, 2.05) is 18.2 Å². The van der Waals surface area contributed by atoms with E-state index in [9.17, 15) is 4.79 Å². The summed E-state index contributed by atoms with van der Waals surface area (Å²) in [6, 6.07) is 9.09. The Kier molecular flexibility index (Phi) is 4.73. The lowest BCUT2D eigenvalue weighted by Crippen LogP contribution is -2.28. The molecule has 98 valence electrons. The minimum absolute atomic E-state index is 0.276. The van der Waals surface area contributed by atoms with Gasteiger partial charge >= 0.3 is 5.97 Å². The maximum Gasteiger partial charge on any atom is 0.357 e. The number of benzene rings is 1. The normalized spacial score (nSPS) is 21.3. The van der Waals surface area contributed by atoms with Gasteiger partial charge in [-0.3, -0.25) is 0 Å². The molecule has 1 heterocycles. The number of nitrogens with two attached hydrogens (primary N) is 1. The van der Waals surface area contributed by atoms with Gasteiger partial charge in [-0.1, -0.05) is 18.2 Å². The lowest BCUT2D eigenvalue weighted by atomic mass is 10.0. The predicted octanol–water partition coefficient (Wildman–Crippen LogP) is 1.82. The van der Waals surface area contributed by atoms with E-state index in [-0.39, 0.29) is 5.97 Å². The van der Waals surface area contributed by atoms with Crippen molar-refractivity contribution in [2.45, 2.75) is 19.3 Å². The summed E-state index contributed by atoms with van der Waals surface area (Å²) in [4.78, 5) is 17.3. The van der Waals surface area contributed by atoms with Gasteiger partial charge in [0.05, 0.1) is 5.56 Å². The summed E-state index contributed by atoms with van der Waals surface area (Å²) in [6.45, 7) is 2.30. The van der Waals surface area contributed by atoms with Crippen molar-refractivity contribution in [3.63, 3.8) is 0 Å². The van der Waals surface area contributed by atoms with Crippen LogP contribution >= 0.6 is 0 Å². The number of hydroxylamine groups is 2. The fourth-order valence-electron chi connectivity index (χ4n) is 2.21. The van der Waals surface area contributed by atoms with Crippen LogP contribution in [0.5, 0.6) is 0 Å². The Balaban J connectivity index is 1.88. The number of hydrogen-bond donors (Lipinski definition) is 1. The van der Waals surface area contributed by atoms with Gasteiger partial charge in [0.2, 0.25) is 0 Å². The zero-order valence-electron chi connectivity index (χ0n) is 10.5. The molecular formula is C14H20N2O2. The van der Waals surface area contributed by atoms with Crippen LogP contribution in [0.15, 0.2) is 30.3 Å². The van der Waals surface area contributed by atoms with Crippen LogP contribution in [0.4, 0.5) is 0 Å². The first-order valence-corrected chi connectivity index (χ1v) is 6.52.